The van der Waals surface area contributed by atoms with Crippen molar-refractivity contribution in [1.82, 2.24) is 4.98 Å². The quantitative estimate of drug-likeness (QED) is 0.678. The highest BCUT2D eigenvalue weighted by Gasteiger charge is 2.23. The van der Waals surface area contributed by atoms with Gasteiger partial charge in [-0.1, -0.05) is 24.3 Å². The number of hydrogen-bond donors (Lipinski definition) is 1. The Hall–Kier alpha value is -2.40. The topological polar surface area (TPSA) is 34.1 Å². The molecule has 0 fully saturated rings. The second-order valence-corrected chi connectivity index (χ2v) is 6.30. The zero-order valence-corrected chi connectivity index (χ0v) is 14.5. The van der Waals surface area contributed by atoms with Crippen LogP contribution in [0.25, 0.3) is 6.08 Å². The van der Waals surface area contributed by atoms with Crippen LogP contribution in [0.2, 0.25) is 0 Å². The van der Waals surface area contributed by atoms with Gasteiger partial charge in [0.05, 0.1) is 11.1 Å². The van der Waals surface area contributed by atoms with Crippen LogP contribution in [0, 0.1) is 6.92 Å². The Morgan fingerprint density at radius 3 is 2.72 bits per heavy atom. The van der Waals surface area contributed by atoms with Crippen LogP contribution in [0.1, 0.15) is 29.1 Å². The lowest BCUT2D eigenvalue weighted by Crippen LogP contribution is -2.19. The van der Waals surface area contributed by atoms with Gasteiger partial charge in [-0.15, -0.1) is 11.6 Å². The predicted octanol–water partition coefficient (Wildman–Crippen LogP) is 5.99. The molecule has 0 aliphatic heterocycles. The molecule has 1 atom stereocenters. The van der Waals surface area contributed by atoms with E-state index in [0.29, 0.717) is 12.7 Å². The monoisotopic (exact) mass is 362 g/mol. The highest BCUT2D eigenvalue weighted by molar-refractivity contribution is 6.22. The number of nitrogens with zero attached hydrogens (tertiary/aromatic N) is 1. The number of benzene rings is 1. The van der Waals surface area contributed by atoms with Gasteiger partial charge in [-0.25, -0.2) is 4.98 Å². The molecule has 25 heavy (non-hydrogen) atoms. The number of nitrogens with one attached hydrogen (secondary N) is 1. The lowest BCUT2D eigenvalue weighted by Gasteiger charge is -2.16. The zero-order chi connectivity index (χ0) is 18.0. The molecule has 1 aliphatic carbocycles. The number of alkyl halides is 3. The first-order valence-corrected chi connectivity index (χ1v) is 8.20. The minimum Gasteiger partial charge on any atom is -0.433 e. The fourth-order valence-corrected chi connectivity index (χ4v) is 2.77. The number of anilines is 2. The van der Waals surface area contributed by atoms with Gasteiger partial charge in [0, 0.05) is 12.6 Å². The van der Waals surface area contributed by atoms with E-state index < -0.39 is 6.11 Å². The zero-order valence-electron chi connectivity index (χ0n) is 13.8. The van der Waals surface area contributed by atoms with Crippen molar-refractivity contribution >= 4 is 29.2 Å². The molecule has 1 heterocycles. The molecule has 0 saturated carbocycles. The van der Waals surface area contributed by atoms with Gasteiger partial charge in [0.2, 0.25) is 0 Å². The van der Waals surface area contributed by atoms with Crippen molar-refractivity contribution in [2.75, 3.05) is 5.32 Å². The number of pyridine rings is 1. The number of aromatic nitrogens is 1. The number of hydrogen-bond acceptors (Lipinski definition) is 3. The van der Waals surface area contributed by atoms with E-state index in [0.717, 1.165) is 22.5 Å². The maximum absolute atomic E-state index is 12.9. The van der Waals surface area contributed by atoms with E-state index in [1.807, 2.05) is 43.4 Å². The van der Waals surface area contributed by atoms with Gasteiger partial charge in [0.15, 0.2) is 0 Å². The van der Waals surface area contributed by atoms with Gasteiger partial charge in [-0.3, -0.25) is 0 Å². The van der Waals surface area contributed by atoms with Gasteiger partial charge in [0.1, 0.15) is 11.6 Å². The van der Waals surface area contributed by atoms with Crippen LogP contribution in [0.15, 0.2) is 48.6 Å². The molecular formula is C19H17ClF2N2O. The summed E-state index contributed by atoms with van der Waals surface area (Å²) in [6, 6.07) is 8.52. The summed E-state index contributed by atoms with van der Waals surface area (Å²) in [5.74, 6) is 0.743. The van der Waals surface area contributed by atoms with Crippen molar-refractivity contribution in [3.05, 3.63) is 65.4 Å². The third kappa shape index (κ3) is 4.37. The third-order valence-electron chi connectivity index (χ3n) is 3.64. The number of aryl methyl sites for hydroxylation is 1. The molecule has 0 radical (unpaired) electrons. The summed E-state index contributed by atoms with van der Waals surface area (Å²) in [6.45, 7) is 2.52. The highest BCUT2D eigenvalue weighted by Crippen LogP contribution is 2.31. The minimum atomic E-state index is -3.21. The molecule has 1 N–H and O–H groups in total. The molecule has 130 valence electrons. The standard InChI is InChI=1S/C19H17ClF2N2O/c1-12-11-14(25-19(2,21)22)8-9-16(12)23-17-10-7-13-5-3-4-6-15(20)18(13)24-17/h3-11,15H,1-2H3,(H,23,24). The largest absolute Gasteiger partial charge is 0.433 e. The summed E-state index contributed by atoms with van der Waals surface area (Å²) in [5.41, 5.74) is 3.24. The van der Waals surface area contributed by atoms with Crippen molar-refractivity contribution in [2.24, 2.45) is 0 Å². The summed E-state index contributed by atoms with van der Waals surface area (Å²) in [4.78, 5) is 4.58. The predicted molar refractivity (Wildman–Crippen MR) is 96.7 cm³/mol. The van der Waals surface area contributed by atoms with Crippen LogP contribution >= 0.6 is 11.6 Å². The van der Waals surface area contributed by atoms with E-state index in [1.54, 1.807) is 12.1 Å². The number of rotatable bonds is 4. The average Bonchev–Trinajstić information content (AvgIpc) is 2.70. The first-order valence-electron chi connectivity index (χ1n) is 7.76. The molecule has 1 aliphatic rings. The van der Waals surface area contributed by atoms with E-state index in [4.69, 9.17) is 11.6 Å². The van der Waals surface area contributed by atoms with Crippen molar-refractivity contribution < 1.29 is 13.5 Å². The molecule has 3 nitrogen and oxygen atoms in total. The maximum atomic E-state index is 12.9. The molecular weight excluding hydrogens is 346 g/mol. The van der Waals surface area contributed by atoms with Gasteiger partial charge >= 0.3 is 6.11 Å². The van der Waals surface area contributed by atoms with Crippen molar-refractivity contribution in [3.63, 3.8) is 0 Å². The Labute approximate surface area is 150 Å². The molecule has 1 unspecified atom stereocenters. The Kier molecular flexibility index (Phi) is 4.77. The average molecular weight is 363 g/mol. The number of ether oxygens (including phenoxy) is 1. The first-order chi connectivity index (χ1) is 11.8. The lowest BCUT2D eigenvalue weighted by atomic mass is 10.1. The van der Waals surface area contributed by atoms with E-state index in [9.17, 15) is 8.78 Å². The van der Waals surface area contributed by atoms with E-state index in [-0.39, 0.29) is 11.1 Å². The SMILES string of the molecule is Cc1cc(OC(C)(F)F)ccc1Nc1ccc2c(n1)C(Cl)C=CC=C2. The molecule has 6 heteroatoms. The van der Waals surface area contributed by atoms with E-state index >= 15 is 0 Å². The van der Waals surface area contributed by atoms with Gasteiger partial charge in [0.25, 0.3) is 0 Å². The van der Waals surface area contributed by atoms with Crippen LogP contribution < -0.4 is 10.1 Å². The molecule has 2 aromatic rings. The Morgan fingerprint density at radius 1 is 1.20 bits per heavy atom. The van der Waals surface area contributed by atoms with Gasteiger partial charge in [-0.05, 0) is 48.4 Å². The van der Waals surface area contributed by atoms with Crippen molar-refractivity contribution in [3.8, 4) is 5.75 Å². The minimum absolute atomic E-state index is 0.113. The fourth-order valence-electron chi connectivity index (χ4n) is 2.51. The van der Waals surface area contributed by atoms with Crippen LogP contribution in [-0.4, -0.2) is 11.1 Å². The summed E-state index contributed by atoms with van der Waals surface area (Å²) in [5, 5.41) is 2.88. The third-order valence-corrected chi connectivity index (χ3v) is 4.00. The van der Waals surface area contributed by atoms with Crippen molar-refractivity contribution in [2.45, 2.75) is 25.3 Å². The number of allylic oxidation sites excluding steroid dienone is 3. The molecule has 0 spiro atoms. The smallest absolute Gasteiger partial charge is 0.394 e. The van der Waals surface area contributed by atoms with E-state index in [2.05, 4.69) is 15.0 Å². The summed E-state index contributed by atoms with van der Waals surface area (Å²) in [6.07, 6.45) is 4.41. The highest BCUT2D eigenvalue weighted by atomic mass is 35.5. The van der Waals surface area contributed by atoms with Crippen LogP contribution in [0.3, 0.4) is 0 Å². The molecule has 0 bridgehead atoms. The van der Waals surface area contributed by atoms with E-state index in [1.165, 1.54) is 6.07 Å². The van der Waals surface area contributed by atoms with Crippen LogP contribution in [0.4, 0.5) is 20.3 Å². The van der Waals surface area contributed by atoms with Crippen LogP contribution in [-0.2, 0) is 0 Å². The molecule has 0 amide bonds. The van der Waals surface area contributed by atoms with Gasteiger partial charge < -0.3 is 10.1 Å². The molecule has 1 aromatic carbocycles. The summed E-state index contributed by atoms with van der Waals surface area (Å²) >= 11 is 6.34. The Morgan fingerprint density at radius 2 is 2.00 bits per heavy atom. The van der Waals surface area contributed by atoms with Crippen LogP contribution in [0.5, 0.6) is 5.75 Å². The van der Waals surface area contributed by atoms with Crippen molar-refractivity contribution in [1.29, 1.82) is 0 Å². The molecule has 0 saturated heterocycles. The summed E-state index contributed by atoms with van der Waals surface area (Å²) < 4.78 is 30.5. The normalized spacial score (nSPS) is 16.3. The summed E-state index contributed by atoms with van der Waals surface area (Å²) in [7, 11) is 0. The number of halogens is 3. The lowest BCUT2D eigenvalue weighted by molar-refractivity contribution is -0.158. The number of fused-ring (bicyclic) bond motifs is 1. The first kappa shape index (κ1) is 17.4. The second kappa shape index (κ2) is 6.84. The maximum Gasteiger partial charge on any atom is 0.394 e. The fraction of sp³-hybridized carbons (Fsp3) is 0.211. The Bertz CT molecular complexity index is 844. The second-order valence-electron chi connectivity index (χ2n) is 5.83. The Balaban J connectivity index is 1.83. The van der Waals surface area contributed by atoms with Gasteiger partial charge in [-0.2, -0.15) is 8.78 Å². The molecule has 1 aromatic heterocycles. The molecule has 3 rings (SSSR count).